The fourth-order valence-corrected chi connectivity index (χ4v) is 5.45. The van der Waals surface area contributed by atoms with Crippen molar-refractivity contribution < 1.29 is 17.9 Å². The van der Waals surface area contributed by atoms with Crippen LogP contribution >= 0.6 is 0 Å². The number of carbonyl (C=O) groups excluding carboxylic acids is 1. The Hall–Kier alpha value is -1.60. The van der Waals surface area contributed by atoms with Gasteiger partial charge in [0.15, 0.2) is 0 Å². The summed E-state index contributed by atoms with van der Waals surface area (Å²) >= 11 is 0. The van der Waals surface area contributed by atoms with Crippen LogP contribution < -0.4 is 4.74 Å². The number of piperidine rings is 1. The van der Waals surface area contributed by atoms with E-state index in [-0.39, 0.29) is 5.91 Å². The van der Waals surface area contributed by atoms with Gasteiger partial charge in [-0.15, -0.1) is 0 Å². The van der Waals surface area contributed by atoms with Crippen molar-refractivity contribution in [3.05, 3.63) is 29.8 Å². The molecule has 1 atom stereocenters. The van der Waals surface area contributed by atoms with Gasteiger partial charge < -0.3 is 9.64 Å². The maximum absolute atomic E-state index is 12.8. The van der Waals surface area contributed by atoms with Crippen molar-refractivity contribution >= 4 is 15.9 Å². The molecule has 2 heterocycles. The number of nitrogens with zero attached hydrogens (tertiary/aromatic N) is 2. The lowest BCUT2D eigenvalue weighted by molar-refractivity contribution is 0.0524. The molecule has 0 bridgehead atoms. The molecule has 0 saturated carbocycles. The van der Waals surface area contributed by atoms with E-state index in [0.717, 1.165) is 25.7 Å². The molecule has 2 saturated heterocycles. The van der Waals surface area contributed by atoms with Crippen molar-refractivity contribution in [2.45, 2.75) is 31.2 Å². The first-order valence-electron chi connectivity index (χ1n) is 8.27. The molecule has 6 nitrogen and oxygen atoms in total. The second kappa shape index (κ2) is 6.37. The second-order valence-corrected chi connectivity index (χ2v) is 8.63. The molecule has 132 valence electrons. The van der Waals surface area contributed by atoms with Crippen LogP contribution in [0.15, 0.2) is 24.3 Å². The van der Waals surface area contributed by atoms with E-state index in [1.807, 2.05) is 0 Å². The minimum absolute atomic E-state index is 0.0444. The summed E-state index contributed by atoms with van der Waals surface area (Å²) in [4.78, 5) is 14.6. The maximum atomic E-state index is 12.8. The zero-order valence-electron chi connectivity index (χ0n) is 14.2. The van der Waals surface area contributed by atoms with E-state index in [1.165, 1.54) is 6.26 Å². The summed E-state index contributed by atoms with van der Waals surface area (Å²) in [6.45, 7) is 1.71. The number of rotatable bonds is 3. The molecular weight excluding hydrogens is 328 g/mol. The van der Waals surface area contributed by atoms with Crippen molar-refractivity contribution in [3.63, 3.8) is 0 Å². The molecule has 1 aromatic rings. The Labute approximate surface area is 143 Å². The summed E-state index contributed by atoms with van der Waals surface area (Å²) in [6.07, 6.45) is 4.61. The Morgan fingerprint density at radius 1 is 1.12 bits per heavy atom. The third-order valence-corrected chi connectivity index (χ3v) is 6.48. The average molecular weight is 352 g/mol. The van der Waals surface area contributed by atoms with Crippen molar-refractivity contribution in [3.8, 4) is 5.75 Å². The minimum Gasteiger partial charge on any atom is -0.497 e. The highest BCUT2D eigenvalue weighted by Gasteiger charge is 2.48. The number of ether oxygens (including phenoxy) is 1. The summed E-state index contributed by atoms with van der Waals surface area (Å²) in [5, 5.41) is 0. The molecule has 3 rings (SSSR count). The Morgan fingerprint density at radius 2 is 1.75 bits per heavy atom. The van der Waals surface area contributed by atoms with Gasteiger partial charge in [0.05, 0.1) is 18.9 Å². The van der Waals surface area contributed by atoms with E-state index in [4.69, 9.17) is 4.74 Å². The summed E-state index contributed by atoms with van der Waals surface area (Å²) in [5.41, 5.74) is 0.185. The quantitative estimate of drug-likeness (QED) is 0.831. The van der Waals surface area contributed by atoms with Gasteiger partial charge in [0.25, 0.3) is 5.91 Å². The number of sulfonamides is 1. The summed E-state index contributed by atoms with van der Waals surface area (Å²) < 4.78 is 31.0. The smallest absolute Gasteiger partial charge is 0.253 e. The van der Waals surface area contributed by atoms with Gasteiger partial charge in [-0.2, -0.15) is 4.31 Å². The number of methoxy groups -OCH3 is 1. The SMILES string of the molecule is COc1ccc(C(=O)N2CCCC3(CCCN3S(C)(=O)=O)C2)cc1. The van der Waals surface area contributed by atoms with Gasteiger partial charge in [0.2, 0.25) is 10.0 Å². The molecule has 2 fully saturated rings. The lowest BCUT2D eigenvalue weighted by Gasteiger charge is -2.44. The van der Waals surface area contributed by atoms with Crippen LogP contribution in [0.25, 0.3) is 0 Å². The standard InChI is InChI=1S/C17H24N2O4S/c1-23-15-7-5-14(6-8-15)16(20)18-11-3-9-17(13-18)10-4-12-19(17)24(2,21)22/h5-8H,3-4,9-13H2,1-2H3. The van der Waals surface area contributed by atoms with Crippen LogP contribution in [-0.2, 0) is 10.0 Å². The van der Waals surface area contributed by atoms with Crippen LogP contribution in [-0.4, -0.2) is 62.1 Å². The van der Waals surface area contributed by atoms with Crippen LogP contribution in [0.5, 0.6) is 5.75 Å². The summed E-state index contributed by atoms with van der Waals surface area (Å²) in [6, 6.07) is 7.05. The van der Waals surface area contributed by atoms with E-state index in [9.17, 15) is 13.2 Å². The number of amides is 1. The molecule has 2 aliphatic heterocycles. The number of hydrogen-bond acceptors (Lipinski definition) is 4. The van der Waals surface area contributed by atoms with Crippen molar-refractivity contribution in [2.75, 3.05) is 33.0 Å². The van der Waals surface area contributed by atoms with Crippen molar-refractivity contribution in [1.82, 2.24) is 9.21 Å². The molecule has 1 aromatic carbocycles. The monoisotopic (exact) mass is 352 g/mol. The zero-order chi connectivity index (χ0) is 17.4. The van der Waals surface area contributed by atoms with E-state index >= 15 is 0 Å². The highest BCUT2D eigenvalue weighted by molar-refractivity contribution is 7.88. The number of hydrogen-bond donors (Lipinski definition) is 0. The molecule has 1 amide bonds. The predicted octanol–water partition coefficient (Wildman–Crippen LogP) is 1.73. The molecule has 1 spiro atoms. The van der Waals surface area contributed by atoms with Crippen molar-refractivity contribution in [2.24, 2.45) is 0 Å². The van der Waals surface area contributed by atoms with Crippen molar-refractivity contribution in [1.29, 1.82) is 0 Å². The molecule has 24 heavy (non-hydrogen) atoms. The van der Waals surface area contributed by atoms with Gasteiger partial charge in [-0.25, -0.2) is 8.42 Å². The highest BCUT2D eigenvalue weighted by atomic mass is 32.2. The van der Waals surface area contributed by atoms with Gasteiger partial charge >= 0.3 is 0 Å². The van der Waals surface area contributed by atoms with E-state index in [2.05, 4.69) is 0 Å². The Kier molecular flexibility index (Phi) is 4.57. The summed E-state index contributed by atoms with van der Waals surface area (Å²) in [5.74, 6) is 0.665. The molecule has 1 unspecified atom stereocenters. The first-order valence-corrected chi connectivity index (χ1v) is 10.1. The van der Waals surface area contributed by atoms with Crippen LogP contribution in [0, 0.1) is 0 Å². The van der Waals surface area contributed by atoms with E-state index in [0.29, 0.717) is 30.9 Å². The second-order valence-electron chi connectivity index (χ2n) is 6.72. The van der Waals surface area contributed by atoms with E-state index < -0.39 is 15.6 Å². The Bertz CT molecular complexity index is 717. The topological polar surface area (TPSA) is 66.9 Å². The first kappa shape index (κ1) is 17.2. The zero-order valence-corrected chi connectivity index (χ0v) is 15.0. The van der Waals surface area contributed by atoms with Gasteiger partial charge in [-0.1, -0.05) is 0 Å². The number of benzene rings is 1. The normalized spacial score (nSPS) is 25.2. The molecule has 7 heteroatoms. The largest absolute Gasteiger partial charge is 0.497 e. The van der Waals surface area contributed by atoms with Gasteiger partial charge in [0, 0.05) is 25.2 Å². The molecule has 0 aromatic heterocycles. The van der Waals surface area contributed by atoms with Crippen LogP contribution in [0.2, 0.25) is 0 Å². The van der Waals surface area contributed by atoms with Crippen LogP contribution in [0.4, 0.5) is 0 Å². The lowest BCUT2D eigenvalue weighted by atomic mass is 9.87. The third-order valence-electron chi connectivity index (χ3n) is 5.11. The van der Waals surface area contributed by atoms with Crippen LogP contribution in [0.1, 0.15) is 36.0 Å². The van der Waals surface area contributed by atoms with Gasteiger partial charge in [-0.3, -0.25) is 4.79 Å². The van der Waals surface area contributed by atoms with Crippen LogP contribution in [0.3, 0.4) is 0 Å². The maximum Gasteiger partial charge on any atom is 0.253 e. The Balaban J connectivity index is 1.81. The highest BCUT2D eigenvalue weighted by Crippen LogP contribution is 2.39. The fourth-order valence-electron chi connectivity index (χ4n) is 4.04. The first-order chi connectivity index (χ1) is 11.4. The van der Waals surface area contributed by atoms with Gasteiger partial charge in [-0.05, 0) is 49.9 Å². The lowest BCUT2D eigenvalue weighted by Crippen LogP contribution is -2.58. The van der Waals surface area contributed by atoms with E-state index in [1.54, 1.807) is 40.6 Å². The molecule has 0 radical (unpaired) electrons. The molecular formula is C17H24N2O4S. The Morgan fingerprint density at radius 3 is 2.33 bits per heavy atom. The fraction of sp³-hybridized carbons (Fsp3) is 0.588. The number of carbonyl (C=O) groups is 1. The van der Waals surface area contributed by atoms with Gasteiger partial charge in [0.1, 0.15) is 5.75 Å². The predicted molar refractivity (Wildman–Crippen MR) is 91.6 cm³/mol. The molecule has 0 N–H and O–H groups in total. The average Bonchev–Trinajstić information content (AvgIpc) is 2.97. The molecule has 0 aliphatic carbocycles. The third kappa shape index (κ3) is 3.15. The number of likely N-dealkylation sites (tertiary alicyclic amines) is 1. The summed E-state index contributed by atoms with van der Waals surface area (Å²) in [7, 11) is -1.67. The molecule has 2 aliphatic rings. The minimum atomic E-state index is -3.25.